The minimum atomic E-state index is -1.02. The van der Waals surface area contributed by atoms with Crippen LogP contribution in [0.4, 0.5) is 4.39 Å². The van der Waals surface area contributed by atoms with Crippen molar-refractivity contribution in [3.63, 3.8) is 0 Å². The Kier molecular flexibility index (Phi) is 13.5. The molecule has 0 saturated heterocycles. The number of esters is 1. The molecule has 0 unspecified atom stereocenters. The molecule has 3 heteroatoms. The Morgan fingerprint density at radius 2 is 1.55 bits per heavy atom. The normalized spacial score (nSPS) is 10.9. The summed E-state index contributed by atoms with van der Waals surface area (Å²) >= 11 is 0. The summed E-state index contributed by atoms with van der Waals surface area (Å²) < 4.78 is 16.9. The molecule has 20 heavy (non-hydrogen) atoms. The quantitative estimate of drug-likeness (QED) is 0.193. The van der Waals surface area contributed by atoms with Crippen LogP contribution in [0.3, 0.4) is 0 Å². The Bertz CT molecular complexity index is 285. The van der Waals surface area contributed by atoms with Gasteiger partial charge in [-0.05, 0) is 25.7 Å². The van der Waals surface area contributed by atoms with Gasteiger partial charge in [0.25, 0.3) is 0 Å². The minimum Gasteiger partial charge on any atom is -0.460 e. The lowest BCUT2D eigenvalue weighted by Crippen LogP contribution is -2.05. The van der Waals surface area contributed by atoms with Gasteiger partial charge in [0.2, 0.25) is 5.83 Å². The summed E-state index contributed by atoms with van der Waals surface area (Å²) in [7, 11) is 0. The molecule has 0 aliphatic heterocycles. The van der Waals surface area contributed by atoms with Crippen molar-refractivity contribution in [2.45, 2.75) is 71.1 Å². The summed E-state index contributed by atoms with van der Waals surface area (Å²) in [5.41, 5.74) is 0. The molecular formula is C17H29FO2. The Morgan fingerprint density at radius 1 is 1.00 bits per heavy atom. The average Bonchev–Trinajstić information content (AvgIpc) is 2.43. The van der Waals surface area contributed by atoms with Gasteiger partial charge in [-0.2, -0.15) is 4.39 Å². The summed E-state index contributed by atoms with van der Waals surface area (Å²) in [6.45, 7) is 5.39. The lowest BCUT2D eigenvalue weighted by Gasteiger charge is -2.03. The molecule has 0 aromatic heterocycles. The van der Waals surface area contributed by atoms with Crippen LogP contribution in [0.1, 0.15) is 71.1 Å². The van der Waals surface area contributed by atoms with Gasteiger partial charge in [-0.1, -0.05) is 64.2 Å². The highest BCUT2D eigenvalue weighted by Crippen LogP contribution is 2.08. The number of carbonyl (C=O) groups excluding carboxylic acids is 1. The Hall–Kier alpha value is -1.12. The number of hydrogen-bond acceptors (Lipinski definition) is 2. The molecule has 0 N–H and O–H groups in total. The highest BCUT2D eigenvalue weighted by Gasteiger charge is 2.05. The van der Waals surface area contributed by atoms with Crippen molar-refractivity contribution in [1.82, 2.24) is 0 Å². The molecule has 0 radical (unpaired) electrons. The van der Waals surface area contributed by atoms with Crippen LogP contribution in [0, 0.1) is 0 Å². The molecule has 0 spiro atoms. The van der Waals surface area contributed by atoms with E-state index in [1.54, 1.807) is 0 Å². The molecule has 0 amide bonds. The molecule has 116 valence electrons. The van der Waals surface area contributed by atoms with Crippen LogP contribution in [0.2, 0.25) is 0 Å². The van der Waals surface area contributed by atoms with Gasteiger partial charge in [0.05, 0.1) is 6.61 Å². The molecule has 0 heterocycles. The second-order valence-corrected chi connectivity index (χ2v) is 5.06. The van der Waals surface area contributed by atoms with Crippen molar-refractivity contribution >= 4 is 5.97 Å². The zero-order valence-corrected chi connectivity index (χ0v) is 12.8. The third-order valence-corrected chi connectivity index (χ3v) is 3.11. The zero-order chi connectivity index (χ0) is 15.1. The van der Waals surface area contributed by atoms with E-state index in [1.807, 2.05) is 0 Å². The topological polar surface area (TPSA) is 26.3 Å². The maximum atomic E-state index is 12.3. The largest absolute Gasteiger partial charge is 0.460 e. The van der Waals surface area contributed by atoms with Gasteiger partial charge in [0, 0.05) is 0 Å². The molecule has 0 aromatic rings. The molecule has 0 aliphatic carbocycles. The SMILES string of the molecule is C=C(F)C(=O)OCCCCCCCC/C=C\CCCC. The molecule has 0 atom stereocenters. The summed E-state index contributed by atoms with van der Waals surface area (Å²) in [6.07, 6.45) is 16.2. The maximum absolute atomic E-state index is 12.3. The number of unbranched alkanes of at least 4 members (excludes halogenated alkanes) is 8. The second kappa shape index (κ2) is 14.3. The molecule has 0 saturated carbocycles. The molecule has 0 fully saturated rings. The highest BCUT2D eigenvalue weighted by atomic mass is 19.1. The monoisotopic (exact) mass is 284 g/mol. The van der Waals surface area contributed by atoms with E-state index in [4.69, 9.17) is 0 Å². The molecule has 0 aliphatic rings. The molecule has 0 rings (SSSR count). The predicted molar refractivity (Wildman–Crippen MR) is 82.2 cm³/mol. The van der Waals surface area contributed by atoms with E-state index in [2.05, 4.69) is 30.4 Å². The molecular weight excluding hydrogens is 255 g/mol. The van der Waals surface area contributed by atoms with Crippen LogP contribution in [0.25, 0.3) is 0 Å². The first kappa shape index (κ1) is 18.9. The average molecular weight is 284 g/mol. The molecule has 0 bridgehead atoms. The van der Waals surface area contributed by atoms with E-state index in [1.165, 1.54) is 44.9 Å². The van der Waals surface area contributed by atoms with E-state index in [9.17, 15) is 9.18 Å². The van der Waals surface area contributed by atoms with Crippen molar-refractivity contribution in [3.8, 4) is 0 Å². The third kappa shape index (κ3) is 13.3. The van der Waals surface area contributed by atoms with Crippen LogP contribution >= 0.6 is 0 Å². The summed E-state index contributed by atoms with van der Waals surface area (Å²) in [5.74, 6) is -1.95. The van der Waals surface area contributed by atoms with Crippen molar-refractivity contribution in [2.24, 2.45) is 0 Å². The van der Waals surface area contributed by atoms with E-state index in [-0.39, 0.29) is 0 Å². The van der Waals surface area contributed by atoms with E-state index in [0.717, 1.165) is 19.3 Å². The van der Waals surface area contributed by atoms with E-state index >= 15 is 0 Å². The van der Waals surface area contributed by atoms with Gasteiger partial charge in [-0.25, -0.2) is 4.79 Å². The fraction of sp³-hybridized carbons (Fsp3) is 0.706. The Morgan fingerprint density at radius 3 is 2.15 bits per heavy atom. The van der Waals surface area contributed by atoms with Crippen LogP contribution in [-0.4, -0.2) is 12.6 Å². The van der Waals surface area contributed by atoms with Crippen LogP contribution in [0.15, 0.2) is 24.6 Å². The number of rotatable bonds is 13. The van der Waals surface area contributed by atoms with Gasteiger partial charge < -0.3 is 4.74 Å². The van der Waals surface area contributed by atoms with Gasteiger partial charge >= 0.3 is 5.97 Å². The predicted octanol–water partition coefficient (Wildman–Crippen LogP) is 5.49. The second-order valence-electron chi connectivity index (χ2n) is 5.06. The first-order chi connectivity index (χ1) is 9.68. The van der Waals surface area contributed by atoms with Crippen molar-refractivity contribution < 1.29 is 13.9 Å². The van der Waals surface area contributed by atoms with Gasteiger partial charge in [-0.15, -0.1) is 0 Å². The van der Waals surface area contributed by atoms with Crippen molar-refractivity contribution in [1.29, 1.82) is 0 Å². The zero-order valence-electron chi connectivity index (χ0n) is 12.8. The van der Waals surface area contributed by atoms with Gasteiger partial charge in [0.1, 0.15) is 0 Å². The first-order valence-corrected chi connectivity index (χ1v) is 7.85. The number of halogens is 1. The number of allylic oxidation sites excluding steroid dienone is 2. The van der Waals surface area contributed by atoms with Gasteiger partial charge in [0.15, 0.2) is 0 Å². The lowest BCUT2D eigenvalue weighted by atomic mass is 10.1. The number of ether oxygens (including phenoxy) is 1. The van der Waals surface area contributed by atoms with Gasteiger partial charge in [-0.3, -0.25) is 0 Å². The van der Waals surface area contributed by atoms with Crippen LogP contribution < -0.4 is 0 Å². The lowest BCUT2D eigenvalue weighted by molar-refractivity contribution is -0.140. The van der Waals surface area contributed by atoms with Crippen molar-refractivity contribution in [2.75, 3.05) is 6.61 Å². The maximum Gasteiger partial charge on any atom is 0.366 e. The van der Waals surface area contributed by atoms with E-state index in [0.29, 0.717) is 6.61 Å². The number of carbonyl (C=O) groups is 1. The van der Waals surface area contributed by atoms with Crippen LogP contribution in [-0.2, 0) is 9.53 Å². The minimum absolute atomic E-state index is 0.294. The first-order valence-electron chi connectivity index (χ1n) is 7.85. The standard InChI is InChI=1S/C17H29FO2/c1-3-4-5-6-7-8-9-10-11-12-13-14-15-20-17(19)16(2)18/h6-7H,2-5,8-15H2,1H3/b7-6-. The summed E-state index contributed by atoms with van der Waals surface area (Å²) in [4.78, 5) is 10.7. The Balaban J connectivity index is 3.15. The fourth-order valence-corrected chi connectivity index (χ4v) is 1.87. The molecule has 0 aromatic carbocycles. The Labute approximate surface area is 123 Å². The summed E-state index contributed by atoms with van der Waals surface area (Å²) in [6, 6.07) is 0. The third-order valence-electron chi connectivity index (χ3n) is 3.11. The summed E-state index contributed by atoms with van der Waals surface area (Å²) in [5, 5.41) is 0. The van der Waals surface area contributed by atoms with E-state index < -0.39 is 11.8 Å². The molecule has 2 nitrogen and oxygen atoms in total. The number of hydrogen-bond donors (Lipinski definition) is 0. The highest BCUT2D eigenvalue weighted by molar-refractivity contribution is 5.85. The van der Waals surface area contributed by atoms with Crippen molar-refractivity contribution in [3.05, 3.63) is 24.6 Å². The fourth-order valence-electron chi connectivity index (χ4n) is 1.87. The smallest absolute Gasteiger partial charge is 0.366 e. The van der Waals surface area contributed by atoms with Crippen LogP contribution in [0.5, 0.6) is 0 Å².